The molecule has 1 heterocycles. The van der Waals surface area contributed by atoms with Gasteiger partial charge in [0.1, 0.15) is 17.6 Å². The molecule has 2 aromatic rings. The molecule has 1 aliphatic heterocycles. The minimum atomic E-state index is -3.69. The Bertz CT molecular complexity index is 1220. The molecule has 2 aromatic carbocycles. The maximum atomic E-state index is 13.2. The number of carboxylic acid groups (broad SMARTS) is 1. The second-order valence-corrected chi connectivity index (χ2v) is 9.32. The first-order valence-corrected chi connectivity index (χ1v) is 11.7. The van der Waals surface area contributed by atoms with Gasteiger partial charge in [-0.05, 0) is 29.7 Å². The molecule has 10 nitrogen and oxygen atoms in total. The molecule has 0 spiro atoms. The monoisotopic (exact) mass is 472 g/mol. The number of carboxylic acids is 1. The van der Waals surface area contributed by atoms with Gasteiger partial charge in [0.05, 0.1) is 25.5 Å². The van der Waals surface area contributed by atoms with E-state index < -0.39 is 22.0 Å². The highest BCUT2D eigenvalue weighted by Gasteiger charge is 2.33. The van der Waals surface area contributed by atoms with Crippen molar-refractivity contribution in [2.75, 3.05) is 24.8 Å². The predicted octanol–water partition coefficient (Wildman–Crippen LogP) is 0.920. The van der Waals surface area contributed by atoms with Crippen LogP contribution in [0.4, 0.5) is 5.69 Å². The number of benzene rings is 2. The summed E-state index contributed by atoms with van der Waals surface area (Å²) in [6, 6.07) is 12.1. The Balaban J connectivity index is 1.80. The summed E-state index contributed by atoms with van der Waals surface area (Å²) in [5.74, 6) is -1.13. The van der Waals surface area contributed by atoms with Crippen LogP contribution in [0.5, 0.6) is 0 Å². The third-order valence-electron chi connectivity index (χ3n) is 5.11. The van der Waals surface area contributed by atoms with E-state index in [4.69, 9.17) is 15.9 Å². The third-order valence-corrected chi connectivity index (χ3v) is 5.83. The quantitative estimate of drug-likeness (QED) is 0.311. The normalized spacial score (nSPS) is 15.0. The number of amidine groups is 1. The van der Waals surface area contributed by atoms with E-state index in [1.165, 1.54) is 12.0 Å². The van der Waals surface area contributed by atoms with Gasteiger partial charge in [-0.2, -0.15) is 0 Å². The summed E-state index contributed by atoms with van der Waals surface area (Å²) in [7, 11) is -2.20. The number of methoxy groups -OCH3 is 1. The maximum absolute atomic E-state index is 13.2. The molecule has 0 bridgehead atoms. The molecule has 1 amide bonds. The van der Waals surface area contributed by atoms with E-state index in [1.54, 1.807) is 48.5 Å². The van der Waals surface area contributed by atoms with Crippen molar-refractivity contribution in [1.29, 1.82) is 5.41 Å². The van der Waals surface area contributed by atoms with Crippen LogP contribution < -0.4 is 15.4 Å². The number of aliphatic carboxylic acids is 1. The molecule has 1 atom stereocenters. The van der Waals surface area contributed by atoms with E-state index in [-0.39, 0.29) is 24.7 Å². The Morgan fingerprint density at radius 1 is 1.21 bits per heavy atom. The summed E-state index contributed by atoms with van der Waals surface area (Å²) < 4.78 is 30.4. The number of hydrogen-bond acceptors (Lipinski definition) is 6. The van der Waals surface area contributed by atoms with Crippen molar-refractivity contribution in [1.82, 2.24) is 4.72 Å². The molecule has 11 heteroatoms. The lowest BCUT2D eigenvalue weighted by molar-refractivity contribution is -0.138. The highest BCUT2D eigenvalue weighted by molar-refractivity contribution is 7.88. The van der Waals surface area contributed by atoms with E-state index in [0.717, 1.165) is 6.26 Å². The molecule has 0 saturated heterocycles. The van der Waals surface area contributed by atoms with Crippen LogP contribution in [0.2, 0.25) is 0 Å². The van der Waals surface area contributed by atoms with Crippen LogP contribution in [-0.2, 0) is 30.8 Å². The summed E-state index contributed by atoms with van der Waals surface area (Å²) in [6.45, 7) is 0.214. The van der Waals surface area contributed by atoms with Gasteiger partial charge in [0.15, 0.2) is 0 Å². The highest BCUT2D eigenvalue weighted by atomic mass is 32.2. The van der Waals surface area contributed by atoms with Gasteiger partial charge in [-0.1, -0.05) is 36.4 Å². The van der Waals surface area contributed by atoms with Crippen LogP contribution in [0, 0.1) is 5.41 Å². The van der Waals surface area contributed by atoms with Crippen LogP contribution in [-0.4, -0.2) is 57.2 Å². The van der Waals surface area contributed by atoms with Crippen LogP contribution in [0.25, 0.3) is 5.57 Å². The summed E-state index contributed by atoms with van der Waals surface area (Å²) in [5.41, 5.74) is 8.24. The molecule has 1 unspecified atom stereocenters. The Labute approximate surface area is 191 Å². The lowest BCUT2D eigenvalue weighted by Crippen LogP contribution is -2.41. The van der Waals surface area contributed by atoms with Crippen molar-refractivity contribution in [2.24, 2.45) is 5.73 Å². The van der Waals surface area contributed by atoms with Gasteiger partial charge in [0.2, 0.25) is 10.0 Å². The standard InChI is InChI=1S/C22H24N4O6S/c1-32-18-12-26(21(27)19(18)14-5-7-15(8-6-14)20(23)24)16-9-3-13(4-10-16)11-17(22(28)29)25-33(2,30)31/h3-10,17,25H,11-12H2,1-2H3,(H3,23,24)(H,28,29). The maximum Gasteiger partial charge on any atom is 0.322 e. The summed E-state index contributed by atoms with van der Waals surface area (Å²) in [4.78, 5) is 26.1. The summed E-state index contributed by atoms with van der Waals surface area (Å²) in [6.07, 6.45) is 0.850. The molecule has 174 valence electrons. The second kappa shape index (κ2) is 9.43. The lowest BCUT2D eigenvalue weighted by Gasteiger charge is -2.18. The number of nitrogens with one attached hydrogen (secondary N) is 2. The molecule has 3 rings (SSSR count). The fraction of sp³-hybridized carbons (Fsp3) is 0.227. The molecule has 0 saturated carbocycles. The number of ether oxygens (including phenoxy) is 1. The second-order valence-electron chi connectivity index (χ2n) is 7.54. The number of rotatable bonds is 9. The Morgan fingerprint density at radius 2 is 1.82 bits per heavy atom. The van der Waals surface area contributed by atoms with Crippen molar-refractivity contribution >= 4 is 39.0 Å². The van der Waals surface area contributed by atoms with Gasteiger partial charge < -0.3 is 20.5 Å². The highest BCUT2D eigenvalue weighted by Crippen LogP contribution is 2.32. The number of nitrogen functional groups attached to an aromatic ring is 1. The summed E-state index contributed by atoms with van der Waals surface area (Å²) >= 11 is 0. The van der Waals surface area contributed by atoms with E-state index in [1.807, 2.05) is 0 Å². The van der Waals surface area contributed by atoms with Crippen molar-refractivity contribution in [2.45, 2.75) is 12.5 Å². The largest absolute Gasteiger partial charge is 0.498 e. The number of anilines is 1. The van der Waals surface area contributed by atoms with Crippen molar-refractivity contribution < 1.29 is 27.9 Å². The number of nitrogens with two attached hydrogens (primary N) is 1. The fourth-order valence-electron chi connectivity index (χ4n) is 3.51. The first-order valence-electron chi connectivity index (χ1n) is 9.83. The Hall–Kier alpha value is -3.70. The van der Waals surface area contributed by atoms with Gasteiger partial charge >= 0.3 is 5.97 Å². The Kier molecular flexibility index (Phi) is 6.84. The van der Waals surface area contributed by atoms with Crippen LogP contribution in [0.3, 0.4) is 0 Å². The minimum absolute atomic E-state index is 0.0497. The molecule has 1 aliphatic rings. The first kappa shape index (κ1) is 24.0. The average Bonchev–Trinajstić information content (AvgIpc) is 3.09. The smallest absolute Gasteiger partial charge is 0.322 e. The van der Waals surface area contributed by atoms with Crippen molar-refractivity contribution in [3.63, 3.8) is 0 Å². The van der Waals surface area contributed by atoms with Gasteiger partial charge in [0, 0.05) is 11.3 Å². The first-order chi connectivity index (χ1) is 15.5. The van der Waals surface area contributed by atoms with Crippen molar-refractivity contribution in [3.8, 4) is 0 Å². The van der Waals surface area contributed by atoms with E-state index >= 15 is 0 Å². The molecule has 0 radical (unpaired) electrons. The average molecular weight is 473 g/mol. The summed E-state index contributed by atoms with van der Waals surface area (Å²) in [5, 5.41) is 16.8. The molecule has 5 N–H and O–H groups in total. The van der Waals surface area contributed by atoms with Gasteiger partial charge in [0.25, 0.3) is 5.91 Å². The van der Waals surface area contributed by atoms with Crippen LogP contribution in [0.15, 0.2) is 54.3 Å². The number of carbonyl (C=O) groups excluding carboxylic acids is 1. The lowest BCUT2D eigenvalue weighted by atomic mass is 10.0. The number of carbonyl (C=O) groups is 2. The topological polar surface area (TPSA) is 163 Å². The van der Waals surface area contributed by atoms with Gasteiger partial charge in [-0.3, -0.25) is 15.0 Å². The van der Waals surface area contributed by atoms with Gasteiger partial charge in [-0.15, -0.1) is 0 Å². The molecule has 0 aliphatic carbocycles. The molecular formula is C22H24N4O6S. The zero-order chi connectivity index (χ0) is 24.3. The number of hydrogen-bond donors (Lipinski definition) is 4. The molecular weight excluding hydrogens is 448 g/mol. The van der Waals surface area contributed by atoms with Crippen LogP contribution in [0.1, 0.15) is 16.7 Å². The molecule has 33 heavy (non-hydrogen) atoms. The van der Waals surface area contributed by atoms with Crippen LogP contribution >= 0.6 is 0 Å². The van der Waals surface area contributed by atoms with E-state index in [9.17, 15) is 23.1 Å². The molecule has 0 aromatic heterocycles. The number of nitrogens with zero attached hydrogens (tertiary/aromatic N) is 1. The zero-order valence-corrected chi connectivity index (χ0v) is 18.8. The van der Waals surface area contributed by atoms with E-state index in [0.29, 0.717) is 33.7 Å². The Morgan fingerprint density at radius 3 is 2.30 bits per heavy atom. The molecule has 0 fully saturated rings. The zero-order valence-electron chi connectivity index (χ0n) is 18.0. The number of amides is 1. The van der Waals surface area contributed by atoms with Gasteiger partial charge in [-0.25, -0.2) is 13.1 Å². The van der Waals surface area contributed by atoms with E-state index in [2.05, 4.69) is 4.72 Å². The van der Waals surface area contributed by atoms with Crippen molar-refractivity contribution in [3.05, 3.63) is 71.0 Å². The SMILES string of the molecule is COC1=C(c2ccc(C(=N)N)cc2)C(=O)N(c2ccc(CC(NS(C)(=O)=O)C(=O)O)cc2)C1. The fourth-order valence-corrected chi connectivity index (χ4v) is 4.21. The number of sulfonamides is 1. The minimum Gasteiger partial charge on any atom is -0.498 e. The predicted molar refractivity (Wildman–Crippen MR) is 123 cm³/mol. The third kappa shape index (κ3) is 5.57.